The fourth-order valence-corrected chi connectivity index (χ4v) is 3.10. The Hall–Kier alpha value is -3.13. The van der Waals surface area contributed by atoms with Crippen LogP contribution in [0.3, 0.4) is 0 Å². The number of fused-ring (bicyclic) bond motifs is 1. The number of esters is 1. The van der Waals surface area contributed by atoms with Gasteiger partial charge in [0.2, 0.25) is 0 Å². The van der Waals surface area contributed by atoms with Gasteiger partial charge >= 0.3 is 5.97 Å². The van der Waals surface area contributed by atoms with Crippen LogP contribution in [0.1, 0.15) is 31.1 Å². The molecule has 2 aromatic carbocycles. The van der Waals surface area contributed by atoms with E-state index in [1.165, 1.54) is 24.3 Å². The summed E-state index contributed by atoms with van der Waals surface area (Å²) in [5.41, 5.74) is 1.02. The highest BCUT2D eigenvalue weighted by molar-refractivity contribution is 5.71. The molecular weight excluding hydrogens is 380 g/mol. The van der Waals surface area contributed by atoms with Crippen LogP contribution in [0.5, 0.6) is 28.7 Å². The predicted molar refractivity (Wildman–Crippen MR) is 102 cm³/mol. The van der Waals surface area contributed by atoms with Gasteiger partial charge in [0.25, 0.3) is 0 Å². The summed E-state index contributed by atoms with van der Waals surface area (Å²) in [4.78, 5) is 11.6. The van der Waals surface area contributed by atoms with E-state index in [1.807, 2.05) is 0 Å². The number of hydrogen-bond donors (Lipinski definition) is 4. The third-order valence-corrected chi connectivity index (χ3v) is 4.63. The largest absolute Gasteiger partial charge is 0.508 e. The molecule has 2 atom stereocenters. The Morgan fingerprint density at radius 2 is 1.83 bits per heavy atom. The summed E-state index contributed by atoms with van der Waals surface area (Å²) in [6, 6.07) is 6.90. The molecule has 1 heterocycles. The van der Waals surface area contributed by atoms with Crippen LogP contribution in [0.2, 0.25) is 0 Å². The highest BCUT2D eigenvalue weighted by atomic mass is 16.6. The Bertz CT molecular complexity index is 892. The topological polar surface area (TPSA) is 126 Å². The zero-order chi connectivity index (χ0) is 21.1. The molecule has 0 bridgehead atoms. The molecule has 8 heteroatoms. The molecule has 0 saturated heterocycles. The van der Waals surface area contributed by atoms with Gasteiger partial charge in [0.15, 0.2) is 17.6 Å². The van der Waals surface area contributed by atoms with Crippen molar-refractivity contribution in [3.8, 4) is 28.7 Å². The Balaban J connectivity index is 1.81. The zero-order valence-electron chi connectivity index (χ0n) is 16.2. The number of phenolic OH excluding ortho intramolecular Hbond substituents is 4. The summed E-state index contributed by atoms with van der Waals surface area (Å²) in [6.07, 6.45) is -0.984. The zero-order valence-corrected chi connectivity index (χ0v) is 16.2. The van der Waals surface area contributed by atoms with Crippen molar-refractivity contribution in [1.82, 2.24) is 0 Å². The van der Waals surface area contributed by atoms with Crippen LogP contribution in [0.25, 0.3) is 0 Å². The van der Waals surface area contributed by atoms with E-state index >= 15 is 0 Å². The molecule has 0 fully saturated rings. The highest BCUT2D eigenvalue weighted by Gasteiger charge is 2.34. The van der Waals surface area contributed by atoms with Gasteiger partial charge in [0.05, 0.1) is 12.5 Å². The summed E-state index contributed by atoms with van der Waals surface area (Å²) in [5, 5.41) is 39.3. The van der Waals surface area contributed by atoms with E-state index in [1.54, 1.807) is 19.9 Å². The van der Waals surface area contributed by atoms with Crippen molar-refractivity contribution in [3.63, 3.8) is 0 Å². The number of hydrogen-bond acceptors (Lipinski definition) is 8. The van der Waals surface area contributed by atoms with E-state index in [0.29, 0.717) is 16.9 Å². The van der Waals surface area contributed by atoms with Gasteiger partial charge in [0.1, 0.15) is 30.0 Å². The number of phenols is 4. The standard InChI is InChI=1S/C21H24O8/c1-11(2)21(26)28-6-5-27-19-10-14-16(24)8-13(22)9-18(14)29-20(19)12-3-4-15(23)17(25)7-12/h3-4,7-9,11,19-20,22-25H,5-6,10H2,1-2H3/t19-,20+/m1/s1. The van der Waals surface area contributed by atoms with Crippen molar-refractivity contribution < 1.29 is 39.4 Å². The van der Waals surface area contributed by atoms with Crippen molar-refractivity contribution in [2.75, 3.05) is 13.2 Å². The second kappa shape index (κ2) is 8.48. The summed E-state index contributed by atoms with van der Waals surface area (Å²) in [6.45, 7) is 3.65. The maximum Gasteiger partial charge on any atom is 0.308 e. The number of ether oxygens (including phenoxy) is 3. The lowest BCUT2D eigenvalue weighted by Crippen LogP contribution is -2.34. The van der Waals surface area contributed by atoms with Gasteiger partial charge < -0.3 is 34.6 Å². The molecule has 0 aromatic heterocycles. The average molecular weight is 404 g/mol. The van der Waals surface area contributed by atoms with E-state index in [9.17, 15) is 25.2 Å². The Kier molecular flexibility index (Phi) is 6.03. The summed E-state index contributed by atoms with van der Waals surface area (Å²) < 4.78 is 16.9. The first-order valence-corrected chi connectivity index (χ1v) is 9.28. The molecule has 0 saturated carbocycles. The van der Waals surface area contributed by atoms with Crippen molar-refractivity contribution in [2.45, 2.75) is 32.5 Å². The molecule has 29 heavy (non-hydrogen) atoms. The smallest absolute Gasteiger partial charge is 0.308 e. The van der Waals surface area contributed by atoms with E-state index in [-0.39, 0.29) is 54.5 Å². The van der Waals surface area contributed by atoms with E-state index in [0.717, 1.165) is 0 Å². The summed E-state index contributed by atoms with van der Waals surface area (Å²) in [7, 11) is 0. The van der Waals surface area contributed by atoms with Gasteiger partial charge in [-0.1, -0.05) is 19.9 Å². The van der Waals surface area contributed by atoms with Crippen molar-refractivity contribution >= 4 is 5.97 Å². The maximum absolute atomic E-state index is 11.6. The first kappa shape index (κ1) is 20.6. The fourth-order valence-electron chi connectivity index (χ4n) is 3.10. The second-order valence-electron chi connectivity index (χ2n) is 7.16. The van der Waals surface area contributed by atoms with Gasteiger partial charge in [-0.05, 0) is 17.7 Å². The number of aromatic hydroxyl groups is 4. The Morgan fingerprint density at radius 3 is 2.52 bits per heavy atom. The van der Waals surface area contributed by atoms with Crippen LogP contribution >= 0.6 is 0 Å². The lowest BCUT2D eigenvalue weighted by Gasteiger charge is -2.34. The van der Waals surface area contributed by atoms with Gasteiger partial charge in [-0.3, -0.25) is 4.79 Å². The summed E-state index contributed by atoms with van der Waals surface area (Å²) >= 11 is 0. The quantitative estimate of drug-likeness (QED) is 0.329. The van der Waals surface area contributed by atoms with Gasteiger partial charge in [-0.25, -0.2) is 0 Å². The minimum Gasteiger partial charge on any atom is -0.508 e. The number of carbonyl (C=O) groups excluding carboxylic acids is 1. The van der Waals surface area contributed by atoms with Crippen molar-refractivity contribution in [3.05, 3.63) is 41.5 Å². The Morgan fingerprint density at radius 1 is 1.07 bits per heavy atom. The van der Waals surface area contributed by atoms with E-state index in [2.05, 4.69) is 0 Å². The molecule has 4 N–H and O–H groups in total. The first-order valence-electron chi connectivity index (χ1n) is 9.28. The molecule has 0 spiro atoms. The molecule has 0 radical (unpaired) electrons. The molecule has 8 nitrogen and oxygen atoms in total. The van der Waals surface area contributed by atoms with Crippen LogP contribution in [0, 0.1) is 5.92 Å². The van der Waals surface area contributed by atoms with Gasteiger partial charge in [-0.2, -0.15) is 0 Å². The van der Waals surface area contributed by atoms with Crippen LogP contribution in [-0.2, 0) is 20.7 Å². The monoisotopic (exact) mass is 404 g/mol. The average Bonchev–Trinajstić information content (AvgIpc) is 2.66. The number of rotatable bonds is 6. The number of carbonyl (C=O) groups is 1. The van der Waals surface area contributed by atoms with Crippen LogP contribution in [0.15, 0.2) is 30.3 Å². The predicted octanol–water partition coefficient (Wildman–Crippen LogP) is 2.77. The number of benzene rings is 2. The van der Waals surface area contributed by atoms with E-state index in [4.69, 9.17) is 14.2 Å². The minimum atomic E-state index is -0.684. The molecule has 3 rings (SSSR count). The molecule has 1 aliphatic heterocycles. The van der Waals surface area contributed by atoms with Crippen molar-refractivity contribution in [2.24, 2.45) is 5.92 Å². The lowest BCUT2D eigenvalue weighted by molar-refractivity contribution is -0.150. The maximum atomic E-state index is 11.6. The minimum absolute atomic E-state index is 0.0650. The summed E-state index contributed by atoms with van der Waals surface area (Å²) in [5.74, 6) is -1.10. The Labute approximate surface area is 167 Å². The van der Waals surface area contributed by atoms with Crippen LogP contribution in [0.4, 0.5) is 0 Å². The third-order valence-electron chi connectivity index (χ3n) is 4.63. The molecule has 1 aliphatic rings. The molecule has 2 aromatic rings. The van der Waals surface area contributed by atoms with Crippen molar-refractivity contribution in [1.29, 1.82) is 0 Å². The van der Waals surface area contributed by atoms with E-state index < -0.39 is 12.2 Å². The first-order chi connectivity index (χ1) is 13.8. The third kappa shape index (κ3) is 4.65. The highest BCUT2D eigenvalue weighted by Crippen LogP contribution is 2.43. The molecule has 0 unspecified atom stereocenters. The molecule has 0 aliphatic carbocycles. The molecule has 156 valence electrons. The SMILES string of the molecule is CC(C)C(=O)OCCO[C@@H]1Cc2c(O)cc(O)cc2O[C@H]1c1ccc(O)c(O)c1. The normalized spacial score (nSPS) is 18.2. The second-order valence-corrected chi connectivity index (χ2v) is 7.16. The lowest BCUT2D eigenvalue weighted by atomic mass is 9.93. The van der Waals surface area contributed by atoms with Crippen LogP contribution < -0.4 is 4.74 Å². The molecule has 0 amide bonds. The van der Waals surface area contributed by atoms with Crippen LogP contribution in [-0.4, -0.2) is 45.7 Å². The van der Waals surface area contributed by atoms with Gasteiger partial charge in [-0.15, -0.1) is 0 Å². The molecular formula is C21H24O8. The van der Waals surface area contributed by atoms with Gasteiger partial charge in [0, 0.05) is 24.1 Å². The fraction of sp³-hybridized carbons (Fsp3) is 0.381.